The summed E-state index contributed by atoms with van der Waals surface area (Å²) in [5, 5.41) is 0. The Morgan fingerprint density at radius 2 is 1.91 bits per heavy atom. The minimum absolute atomic E-state index is 0.0907. The number of benzene rings is 2. The Labute approximate surface area is 127 Å². The quantitative estimate of drug-likeness (QED) is 0.868. The molecule has 1 heterocycles. The highest BCUT2D eigenvalue weighted by atomic mass is 32.2. The Balaban J connectivity index is 2.03. The molecule has 0 atom stereocenters. The largest absolute Gasteiger partial charge is 0.454 e. The summed E-state index contributed by atoms with van der Waals surface area (Å²) in [4.78, 5) is -0.0907. The van der Waals surface area contributed by atoms with Crippen molar-refractivity contribution in [3.8, 4) is 11.5 Å². The van der Waals surface area contributed by atoms with Crippen LogP contribution in [0.25, 0.3) is 0 Å². The smallest absolute Gasteiger partial charge is 0.264 e. The van der Waals surface area contributed by atoms with E-state index in [1.165, 1.54) is 22.5 Å². The van der Waals surface area contributed by atoms with Gasteiger partial charge in [0.2, 0.25) is 6.79 Å². The number of anilines is 1. The Morgan fingerprint density at radius 3 is 2.64 bits per heavy atom. The van der Waals surface area contributed by atoms with Gasteiger partial charge >= 0.3 is 0 Å². The second-order valence-electron chi connectivity index (χ2n) is 4.66. The van der Waals surface area contributed by atoms with E-state index in [4.69, 9.17) is 9.47 Å². The molecule has 0 N–H and O–H groups in total. The highest BCUT2D eigenvalue weighted by molar-refractivity contribution is 7.92. The Kier molecular flexibility index (Phi) is 3.66. The second-order valence-corrected chi connectivity index (χ2v) is 6.53. The summed E-state index contributed by atoms with van der Waals surface area (Å²) in [6.07, 6.45) is 0. The van der Waals surface area contributed by atoms with E-state index >= 15 is 0 Å². The SMILES string of the molecule is CCN(c1ccc2c(c1)OCO2)S(=O)(=O)c1cccc(F)c1. The summed E-state index contributed by atoms with van der Waals surface area (Å²) in [5.41, 5.74) is 0.441. The van der Waals surface area contributed by atoms with Crippen LogP contribution in [0.1, 0.15) is 6.92 Å². The van der Waals surface area contributed by atoms with E-state index in [2.05, 4.69) is 0 Å². The van der Waals surface area contributed by atoms with E-state index < -0.39 is 15.8 Å². The number of rotatable bonds is 4. The molecule has 1 aliphatic heterocycles. The predicted molar refractivity (Wildman–Crippen MR) is 79.2 cm³/mol. The van der Waals surface area contributed by atoms with Gasteiger partial charge in [-0.05, 0) is 37.3 Å². The van der Waals surface area contributed by atoms with Crippen LogP contribution >= 0.6 is 0 Å². The van der Waals surface area contributed by atoms with E-state index in [1.807, 2.05) is 0 Å². The third-order valence-electron chi connectivity index (χ3n) is 3.32. The average molecular weight is 323 g/mol. The van der Waals surface area contributed by atoms with Crippen LogP contribution in [-0.4, -0.2) is 21.8 Å². The van der Waals surface area contributed by atoms with Crippen molar-refractivity contribution >= 4 is 15.7 Å². The van der Waals surface area contributed by atoms with Crippen LogP contribution in [0.15, 0.2) is 47.4 Å². The van der Waals surface area contributed by atoms with Crippen LogP contribution in [0.2, 0.25) is 0 Å². The van der Waals surface area contributed by atoms with Gasteiger partial charge in [-0.1, -0.05) is 6.07 Å². The zero-order chi connectivity index (χ0) is 15.7. The number of hydrogen-bond donors (Lipinski definition) is 0. The first-order chi connectivity index (χ1) is 10.5. The maximum Gasteiger partial charge on any atom is 0.264 e. The minimum Gasteiger partial charge on any atom is -0.454 e. The molecule has 0 fully saturated rings. The number of ether oxygens (including phenoxy) is 2. The second kappa shape index (κ2) is 5.49. The lowest BCUT2D eigenvalue weighted by Crippen LogP contribution is -2.30. The first kappa shape index (κ1) is 14.6. The van der Waals surface area contributed by atoms with Gasteiger partial charge in [0.05, 0.1) is 10.6 Å². The van der Waals surface area contributed by atoms with Gasteiger partial charge in [0.1, 0.15) is 5.82 Å². The molecule has 22 heavy (non-hydrogen) atoms. The molecule has 1 aliphatic rings. The number of fused-ring (bicyclic) bond motifs is 1. The molecule has 0 unspecified atom stereocenters. The summed E-state index contributed by atoms with van der Waals surface area (Å²) in [6.45, 7) is 2.03. The van der Waals surface area contributed by atoms with Crippen molar-refractivity contribution in [2.24, 2.45) is 0 Å². The lowest BCUT2D eigenvalue weighted by atomic mass is 10.3. The number of nitrogens with zero attached hydrogens (tertiary/aromatic N) is 1. The van der Waals surface area contributed by atoms with E-state index in [0.29, 0.717) is 17.2 Å². The third kappa shape index (κ3) is 2.48. The summed E-state index contributed by atoms with van der Waals surface area (Å²) in [5.74, 6) is 0.469. The first-order valence-corrected chi connectivity index (χ1v) is 8.14. The Morgan fingerprint density at radius 1 is 1.14 bits per heavy atom. The van der Waals surface area contributed by atoms with Gasteiger partial charge in [0.25, 0.3) is 10.0 Å². The molecule has 0 saturated carbocycles. The summed E-state index contributed by atoms with van der Waals surface area (Å²) in [6, 6.07) is 9.84. The predicted octanol–water partition coefficient (Wildman–Crippen LogP) is 2.77. The Hall–Kier alpha value is -2.28. The van der Waals surface area contributed by atoms with Gasteiger partial charge in [-0.25, -0.2) is 12.8 Å². The fourth-order valence-corrected chi connectivity index (χ4v) is 3.78. The summed E-state index contributed by atoms with van der Waals surface area (Å²) >= 11 is 0. The molecule has 0 saturated heterocycles. The van der Waals surface area contributed by atoms with E-state index in [-0.39, 0.29) is 18.2 Å². The number of halogens is 1. The molecule has 2 aromatic rings. The van der Waals surface area contributed by atoms with Crippen LogP contribution < -0.4 is 13.8 Å². The van der Waals surface area contributed by atoms with Gasteiger partial charge in [0, 0.05) is 12.6 Å². The molecule has 0 radical (unpaired) electrons. The topological polar surface area (TPSA) is 55.8 Å². The molecular weight excluding hydrogens is 309 g/mol. The molecule has 116 valence electrons. The van der Waals surface area contributed by atoms with Crippen LogP contribution in [-0.2, 0) is 10.0 Å². The van der Waals surface area contributed by atoms with Crippen LogP contribution in [0.3, 0.4) is 0 Å². The maximum absolute atomic E-state index is 13.3. The van der Waals surface area contributed by atoms with E-state index in [9.17, 15) is 12.8 Å². The average Bonchev–Trinajstić information content (AvgIpc) is 2.95. The van der Waals surface area contributed by atoms with Crippen molar-refractivity contribution in [1.82, 2.24) is 0 Å². The monoisotopic (exact) mass is 323 g/mol. The molecule has 0 amide bonds. The fraction of sp³-hybridized carbons (Fsp3) is 0.200. The number of hydrogen-bond acceptors (Lipinski definition) is 4. The highest BCUT2D eigenvalue weighted by Crippen LogP contribution is 2.36. The van der Waals surface area contributed by atoms with Gasteiger partial charge in [-0.15, -0.1) is 0 Å². The van der Waals surface area contributed by atoms with Gasteiger partial charge in [0.15, 0.2) is 11.5 Å². The van der Waals surface area contributed by atoms with Crippen molar-refractivity contribution < 1.29 is 22.3 Å². The van der Waals surface area contributed by atoms with Crippen LogP contribution in [0.4, 0.5) is 10.1 Å². The van der Waals surface area contributed by atoms with E-state index in [1.54, 1.807) is 25.1 Å². The molecule has 0 aliphatic carbocycles. The Bertz CT molecular complexity index is 807. The lowest BCUT2D eigenvalue weighted by Gasteiger charge is -2.23. The molecule has 0 bridgehead atoms. The van der Waals surface area contributed by atoms with Crippen molar-refractivity contribution in [1.29, 1.82) is 0 Å². The molecular formula is C15H14FNO4S. The van der Waals surface area contributed by atoms with Crippen molar-refractivity contribution in [2.45, 2.75) is 11.8 Å². The molecule has 3 rings (SSSR count). The maximum atomic E-state index is 13.3. The van der Waals surface area contributed by atoms with Gasteiger partial charge in [-0.3, -0.25) is 4.31 Å². The molecule has 5 nitrogen and oxygen atoms in total. The van der Waals surface area contributed by atoms with Crippen molar-refractivity contribution in [3.63, 3.8) is 0 Å². The molecule has 0 aromatic heterocycles. The first-order valence-electron chi connectivity index (χ1n) is 6.70. The van der Waals surface area contributed by atoms with Gasteiger partial charge < -0.3 is 9.47 Å². The summed E-state index contributed by atoms with van der Waals surface area (Å²) in [7, 11) is -3.85. The fourth-order valence-electron chi connectivity index (χ4n) is 2.29. The highest BCUT2D eigenvalue weighted by Gasteiger charge is 2.25. The zero-order valence-corrected chi connectivity index (χ0v) is 12.6. The molecule has 2 aromatic carbocycles. The van der Waals surface area contributed by atoms with E-state index in [0.717, 1.165) is 6.07 Å². The third-order valence-corrected chi connectivity index (χ3v) is 5.21. The molecule has 0 spiro atoms. The zero-order valence-electron chi connectivity index (χ0n) is 11.8. The van der Waals surface area contributed by atoms with Crippen LogP contribution in [0, 0.1) is 5.82 Å². The lowest BCUT2D eigenvalue weighted by molar-refractivity contribution is 0.174. The van der Waals surface area contributed by atoms with Gasteiger partial charge in [-0.2, -0.15) is 0 Å². The van der Waals surface area contributed by atoms with Crippen molar-refractivity contribution in [2.75, 3.05) is 17.6 Å². The van der Waals surface area contributed by atoms with Crippen LogP contribution in [0.5, 0.6) is 11.5 Å². The standard InChI is InChI=1S/C15H14FNO4S/c1-2-17(12-6-7-14-15(9-12)21-10-20-14)22(18,19)13-5-3-4-11(16)8-13/h3-9H,2,10H2,1H3. The number of sulfonamides is 1. The molecule has 7 heteroatoms. The summed E-state index contributed by atoms with van der Waals surface area (Å²) < 4.78 is 50.4. The normalized spacial score (nSPS) is 13.2. The minimum atomic E-state index is -3.85. The van der Waals surface area contributed by atoms with Crippen molar-refractivity contribution in [3.05, 3.63) is 48.3 Å².